The molecule has 0 spiro atoms. The van der Waals surface area contributed by atoms with E-state index in [2.05, 4.69) is 29.8 Å². The molecular weight excluding hydrogens is 272 g/mol. The molecule has 0 aliphatic carbocycles. The Morgan fingerprint density at radius 2 is 1.64 bits per heavy atom. The van der Waals surface area contributed by atoms with Crippen molar-refractivity contribution in [3.63, 3.8) is 0 Å². The summed E-state index contributed by atoms with van der Waals surface area (Å²) < 4.78 is 5.88. The van der Waals surface area contributed by atoms with E-state index in [1.54, 1.807) is 0 Å². The normalized spacial score (nSPS) is 10.5. The SMILES string of the molecule is CC(C)N=C=Nc1ccc(Oc2ccccc2)cc1C(C)C. The van der Waals surface area contributed by atoms with Crippen molar-refractivity contribution in [2.45, 2.75) is 39.7 Å². The minimum Gasteiger partial charge on any atom is -0.457 e. The molecular formula is C19H22N2O. The largest absolute Gasteiger partial charge is 0.457 e. The molecule has 0 aromatic heterocycles. The van der Waals surface area contributed by atoms with Crippen molar-refractivity contribution in [3.05, 3.63) is 54.1 Å². The lowest BCUT2D eigenvalue weighted by Gasteiger charge is -2.12. The van der Waals surface area contributed by atoms with Crippen LogP contribution in [-0.4, -0.2) is 12.1 Å². The van der Waals surface area contributed by atoms with E-state index in [1.165, 1.54) is 0 Å². The summed E-state index contributed by atoms with van der Waals surface area (Å²) in [4.78, 5) is 8.51. The van der Waals surface area contributed by atoms with Crippen molar-refractivity contribution in [1.29, 1.82) is 0 Å². The second-order valence-electron chi connectivity index (χ2n) is 5.73. The van der Waals surface area contributed by atoms with Gasteiger partial charge in [-0.1, -0.05) is 32.0 Å². The molecule has 3 nitrogen and oxygen atoms in total. The van der Waals surface area contributed by atoms with Crippen LogP contribution in [0.1, 0.15) is 39.2 Å². The summed E-state index contributed by atoms with van der Waals surface area (Å²) in [5, 5.41) is 0. The monoisotopic (exact) mass is 294 g/mol. The maximum Gasteiger partial charge on any atom is 0.127 e. The summed E-state index contributed by atoms with van der Waals surface area (Å²) in [7, 11) is 0. The fraction of sp³-hybridized carbons (Fsp3) is 0.316. The molecule has 114 valence electrons. The average Bonchev–Trinajstić information content (AvgIpc) is 2.49. The second-order valence-corrected chi connectivity index (χ2v) is 5.73. The molecule has 22 heavy (non-hydrogen) atoms. The van der Waals surface area contributed by atoms with Crippen molar-refractivity contribution >= 4 is 11.7 Å². The molecule has 2 aromatic rings. The zero-order valence-corrected chi connectivity index (χ0v) is 13.6. The molecule has 0 atom stereocenters. The summed E-state index contributed by atoms with van der Waals surface area (Å²) in [5.74, 6) is 1.99. The molecule has 0 unspecified atom stereocenters. The zero-order chi connectivity index (χ0) is 15.9. The molecule has 0 aliphatic heterocycles. The van der Waals surface area contributed by atoms with E-state index in [1.807, 2.05) is 62.4 Å². The van der Waals surface area contributed by atoms with Gasteiger partial charge in [0, 0.05) is 0 Å². The van der Waals surface area contributed by atoms with Gasteiger partial charge in [0.05, 0.1) is 17.7 Å². The van der Waals surface area contributed by atoms with Gasteiger partial charge in [-0.25, -0.2) is 4.99 Å². The van der Waals surface area contributed by atoms with E-state index in [-0.39, 0.29) is 6.04 Å². The molecule has 0 fully saturated rings. The lowest BCUT2D eigenvalue weighted by molar-refractivity contribution is 0.481. The number of benzene rings is 2. The summed E-state index contributed by atoms with van der Waals surface area (Å²) >= 11 is 0. The smallest absolute Gasteiger partial charge is 0.127 e. The Kier molecular flexibility index (Phi) is 5.51. The van der Waals surface area contributed by atoms with E-state index in [0.29, 0.717) is 5.92 Å². The first-order valence-electron chi connectivity index (χ1n) is 7.58. The maximum atomic E-state index is 5.88. The fourth-order valence-corrected chi connectivity index (χ4v) is 1.98. The summed E-state index contributed by atoms with van der Waals surface area (Å²) in [5.41, 5.74) is 2.01. The van der Waals surface area contributed by atoms with Crippen LogP contribution in [0, 0.1) is 0 Å². The van der Waals surface area contributed by atoms with Crippen LogP contribution >= 0.6 is 0 Å². The molecule has 0 saturated heterocycles. The molecule has 0 radical (unpaired) electrons. The van der Waals surface area contributed by atoms with Crippen LogP contribution in [0.15, 0.2) is 58.5 Å². The van der Waals surface area contributed by atoms with Crippen LogP contribution in [0.2, 0.25) is 0 Å². The van der Waals surface area contributed by atoms with E-state index < -0.39 is 0 Å². The Labute approximate surface area is 132 Å². The molecule has 0 aliphatic rings. The Hall–Kier alpha value is -2.38. The molecule has 0 saturated carbocycles. The Bertz CT molecular complexity index is 669. The van der Waals surface area contributed by atoms with Gasteiger partial charge in [-0.3, -0.25) is 0 Å². The van der Waals surface area contributed by atoms with Crippen LogP contribution < -0.4 is 4.74 Å². The van der Waals surface area contributed by atoms with Crippen LogP contribution in [0.3, 0.4) is 0 Å². The standard InChI is InChI=1S/C19H22N2O/c1-14(2)18-12-17(22-16-8-6-5-7-9-16)10-11-19(18)21-13-20-15(3)4/h5-12,14-15H,1-4H3. The lowest BCUT2D eigenvalue weighted by Crippen LogP contribution is -1.91. The third kappa shape index (κ3) is 4.57. The molecule has 2 rings (SSSR count). The van der Waals surface area contributed by atoms with Crippen molar-refractivity contribution in [2.24, 2.45) is 9.98 Å². The molecule has 0 heterocycles. The van der Waals surface area contributed by atoms with Gasteiger partial charge in [0.1, 0.15) is 11.5 Å². The van der Waals surface area contributed by atoms with E-state index >= 15 is 0 Å². The molecule has 2 aromatic carbocycles. The number of ether oxygens (including phenoxy) is 1. The van der Waals surface area contributed by atoms with Gasteiger partial charge in [-0.05, 0) is 55.7 Å². The Morgan fingerprint density at radius 1 is 0.909 bits per heavy atom. The maximum absolute atomic E-state index is 5.88. The van der Waals surface area contributed by atoms with Crippen LogP contribution in [0.5, 0.6) is 11.5 Å². The van der Waals surface area contributed by atoms with Gasteiger partial charge in [0.2, 0.25) is 0 Å². The van der Waals surface area contributed by atoms with E-state index in [9.17, 15) is 0 Å². The fourth-order valence-electron chi connectivity index (χ4n) is 1.98. The van der Waals surface area contributed by atoms with E-state index in [0.717, 1.165) is 22.7 Å². The number of hydrogen-bond acceptors (Lipinski definition) is 3. The van der Waals surface area contributed by atoms with Gasteiger partial charge in [-0.2, -0.15) is 4.99 Å². The summed E-state index contributed by atoms with van der Waals surface area (Å²) in [6.07, 6.45) is 0. The van der Waals surface area contributed by atoms with Crippen molar-refractivity contribution in [1.82, 2.24) is 0 Å². The zero-order valence-electron chi connectivity index (χ0n) is 13.6. The highest BCUT2D eigenvalue weighted by molar-refractivity contribution is 5.59. The second kappa shape index (κ2) is 7.58. The molecule has 3 heteroatoms. The summed E-state index contributed by atoms with van der Waals surface area (Å²) in [6.45, 7) is 8.28. The van der Waals surface area contributed by atoms with Crippen LogP contribution in [-0.2, 0) is 0 Å². The first-order chi connectivity index (χ1) is 10.6. The molecule has 0 bridgehead atoms. The van der Waals surface area contributed by atoms with Gasteiger partial charge in [0.15, 0.2) is 0 Å². The highest BCUT2D eigenvalue weighted by Crippen LogP contribution is 2.32. The highest BCUT2D eigenvalue weighted by Gasteiger charge is 2.08. The summed E-state index contributed by atoms with van der Waals surface area (Å²) in [6, 6.07) is 18.7. The van der Waals surface area contributed by atoms with Crippen LogP contribution in [0.25, 0.3) is 0 Å². The van der Waals surface area contributed by atoms with Crippen molar-refractivity contribution in [3.8, 4) is 11.5 Å². The molecule has 0 N–H and O–H groups in total. The quantitative estimate of drug-likeness (QED) is 0.640. The van der Waals surface area contributed by atoms with Gasteiger partial charge >= 0.3 is 0 Å². The predicted molar refractivity (Wildman–Crippen MR) is 91.7 cm³/mol. The lowest BCUT2D eigenvalue weighted by atomic mass is 10.0. The third-order valence-corrected chi connectivity index (χ3v) is 3.09. The molecule has 0 amide bonds. The first-order valence-corrected chi connectivity index (χ1v) is 7.58. The van der Waals surface area contributed by atoms with Gasteiger partial charge in [0.25, 0.3) is 0 Å². The topological polar surface area (TPSA) is 34.0 Å². The van der Waals surface area contributed by atoms with E-state index in [4.69, 9.17) is 4.74 Å². The third-order valence-electron chi connectivity index (χ3n) is 3.09. The highest BCUT2D eigenvalue weighted by atomic mass is 16.5. The minimum absolute atomic E-state index is 0.201. The van der Waals surface area contributed by atoms with Crippen molar-refractivity contribution in [2.75, 3.05) is 0 Å². The number of rotatable bonds is 5. The number of nitrogens with zero attached hydrogens (tertiary/aromatic N) is 2. The van der Waals surface area contributed by atoms with Crippen molar-refractivity contribution < 1.29 is 4.74 Å². The first kappa shape index (κ1) is 16.0. The van der Waals surface area contributed by atoms with Gasteiger partial charge < -0.3 is 4.74 Å². The van der Waals surface area contributed by atoms with Crippen LogP contribution in [0.4, 0.5) is 5.69 Å². The average molecular weight is 294 g/mol. The Balaban J connectivity index is 2.29. The minimum atomic E-state index is 0.201. The predicted octanol–water partition coefficient (Wildman–Crippen LogP) is 5.82. The van der Waals surface area contributed by atoms with Gasteiger partial charge in [-0.15, -0.1) is 0 Å². The number of aliphatic imine (C=N–C) groups is 2. The Morgan fingerprint density at radius 3 is 2.27 bits per heavy atom. The number of hydrogen-bond donors (Lipinski definition) is 0. The number of para-hydroxylation sites is 1.